The molecule has 2 fully saturated rings. The van der Waals surface area contributed by atoms with Crippen molar-refractivity contribution in [2.75, 3.05) is 0 Å². The number of rotatable bonds is 2. The third-order valence-electron chi connectivity index (χ3n) is 4.89. The summed E-state index contributed by atoms with van der Waals surface area (Å²) in [4.78, 5) is 0. The molecule has 1 aromatic carbocycles. The van der Waals surface area contributed by atoms with Crippen molar-refractivity contribution >= 4 is 0 Å². The van der Waals surface area contributed by atoms with Crippen LogP contribution in [0.2, 0.25) is 0 Å². The highest BCUT2D eigenvalue weighted by Gasteiger charge is 2.42. The number of benzene rings is 1. The van der Waals surface area contributed by atoms with E-state index >= 15 is 0 Å². The van der Waals surface area contributed by atoms with Gasteiger partial charge in [-0.2, -0.15) is 5.10 Å². The summed E-state index contributed by atoms with van der Waals surface area (Å²) in [5, 5.41) is 19.2. The number of hydrogen-bond donors (Lipinski definition) is 2. The van der Waals surface area contributed by atoms with Gasteiger partial charge in [-0.05, 0) is 37.8 Å². The molecule has 2 saturated heterocycles. The van der Waals surface area contributed by atoms with Gasteiger partial charge in [0.1, 0.15) is 0 Å². The number of nitrogens with one attached hydrogen (secondary N) is 1. The topological polar surface area (TPSA) is 50.1 Å². The maximum absolute atomic E-state index is 11.1. The fourth-order valence-corrected chi connectivity index (χ4v) is 3.85. The van der Waals surface area contributed by atoms with Crippen LogP contribution in [0.3, 0.4) is 0 Å². The lowest BCUT2D eigenvalue weighted by atomic mass is 9.75. The molecule has 1 aromatic heterocycles. The highest BCUT2D eigenvalue weighted by atomic mass is 16.3. The number of para-hydroxylation sites is 1. The Labute approximate surface area is 124 Å². The average molecular weight is 283 g/mol. The molecule has 0 saturated carbocycles. The van der Waals surface area contributed by atoms with Gasteiger partial charge < -0.3 is 10.4 Å². The van der Waals surface area contributed by atoms with E-state index in [1.165, 1.54) is 19.3 Å². The molecule has 3 heterocycles. The summed E-state index contributed by atoms with van der Waals surface area (Å²) in [5.74, 6) is 0. The molecule has 0 amide bonds. The number of nitrogens with zero attached hydrogens (tertiary/aromatic N) is 2. The molecule has 4 nitrogen and oxygen atoms in total. The third-order valence-corrected chi connectivity index (χ3v) is 4.89. The fraction of sp³-hybridized carbons (Fsp3) is 0.471. The SMILES string of the molecule is OC1(c2cnn(-c3ccccc3)c2)CC2CCCC(C1)N2. The van der Waals surface area contributed by atoms with E-state index in [1.54, 1.807) is 0 Å². The minimum Gasteiger partial charge on any atom is -0.385 e. The Morgan fingerprint density at radius 3 is 2.57 bits per heavy atom. The van der Waals surface area contributed by atoms with Crippen LogP contribution in [0.1, 0.15) is 37.7 Å². The monoisotopic (exact) mass is 283 g/mol. The van der Waals surface area contributed by atoms with Crippen molar-refractivity contribution in [2.24, 2.45) is 0 Å². The number of aliphatic hydroxyl groups is 1. The van der Waals surface area contributed by atoms with Crippen LogP contribution in [0.5, 0.6) is 0 Å². The van der Waals surface area contributed by atoms with Gasteiger partial charge in [0.05, 0.1) is 17.5 Å². The first kappa shape index (κ1) is 13.0. The Morgan fingerprint density at radius 1 is 1.14 bits per heavy atom. The lowest BCUT2D eigenvalue weighted by Gasteiger charge is -2.45. The van der Waals surface area contributed by atoms with Crippen LogP contribution >= 0.6 is 0 Å². The Bertz CT molecular complexity index is 610. The molecule has 2 unspecified atom stereocenters. The van der Waals surface area contributed by atoms with E-state index in [1.807, 2.05) is 47.4 Å². The second kappa shape index (κ2) is 4.97. The van der Waals surface area contributed by atoms with Crippen molar-refractivity contribution < 1.29 is 5.11 Å². The number of aromatic nitrogens is 2. The van der Waals surface area contributed by atoms with Gasteiger partial charge in [-0.15, -0.1) is 0 Å². The van der Waals surface area contributed by atoms with Crippen LogP contribution in [0, 0.1) is 0 Å². The van der Waals surface area contributed by atoms with Crippen molar-refractivity contribution in [1.82, 2.24) is 15.1 Å². The maximum atomic E-state index is 11.1. The molecule has 4 heteroatoms. The van der Waals surface area contributed by atoms with E-state index in [9.17, 15) is 5.11 Å². The zero-order valence-corrected chi connectivity index (χ0v) is 12.1. The molecular formula is C17H21N3O. The standard InChI is InChI=1S/C17H21N3O/c21-17(9-14-5-4-6-15(10-17)19-14)13-11-18-20(12-13)16-7-2-1-3-8-16/h1-3,7-8,11-12,14-15,19,21H,4-6,9-10H2. The van der Waals surface area contributed by atoms with E-state index in [2.05, 4.69) is 10.4 Å². The zero-order valence-electron chi connectivity index (χ0n) is 12.1. The molecule has 2 aliphatic rings. The molecule has 4 rings (SSSR count). The second-order valence-corrected chi connectivity index (χ2v) is 6.44. The molecule has 2 bridgehead atoms. The molecule has 2 aliphatic heterocycles. The predicted octanol–water partition coefficient (Wildman–Crippen LogP) is 2.36. The third kappa shape index (κ3) is 2.39. The van der Waals surface area contributed by atoms with Gasteiger partial charge in [-0.25, -0.2) is 4.68 Å². The van der Waals surface area contributed by atoms with Crippen molar-refractivity contribution in [1.29, 1.82) is 0 Å². The number of hydrogen-bond acceptors (Lipinski definition) is 3. The van der Waals surface area contributed by atoms with Crippen LogP contribution in [-0.2, 0) is 5.60 Å². The van der Waals surface area contributed by atoms with Gasteiger partial charge in [-0.1, -0.05) is 24.6 Å². The van der Waals surface area contributed by atoms with Crippen LogP contribution < -0.4 is 5.32 Å². The van der Waals surface area contributed by atoms with E-state index in [0.717, 1.165) is 24.1 Å². The van der Waals surface area contributed by atoms with Crippen molar-refractivity contribution in [3.8, 4) is 5.69 Å². The summed E-state index contributed by atoms with van der Waals surface area (Å²) in [6.45, 7) is 0. The van der Waals surface area contributed by atoms with Crippen molar-refractivity contribution in [2.45, 2.75) is 49.8 Å². The van der Waals surface area contributed by atoms with E-state index in [0.29, 0.717) is 12.1 Å². The van der Waals surface area contributed by atoms with Crippen molar-refractivity contribution in [3.05, 3.63) is 48.3 Å². The van der Waals surface area contributed by atoms with Crippen LogP contribution in [0.25, 0.3) is 5.69 Å². The first-order chi connectivity index (χ1) is 10.2. The summed E-state index contributed by atoms with van der Waals surface area (Å²) >= 11 is 0. The highest BCUT2D eigenvalue weighted by Crippen LogP contribution is 2.39. The smallest absolute Gasteiger partial charge is 0.0956 e. The minimum atomic E-state index is -0.728. The van der Waals surface area contributed by atoms with Gasteiger partial charge in [0.25, 0.3) is 0 Å². The van der Waals surface area contributed by atoms with E-state index in [-0.39, 0.29) is 0 Å². The molecular weight excluding hydrogens is 262 g/mol. The largest absolute Gasteiger partial charge is 0.385 e. The molecule has 110 valence electrons. The van der Waals surface area contributed by atoms with Gasteiger partial charge in [0, 0.05) is 23.8 Å². The summed E-state index contributed by atoms with van der Waals surface area (Å²) in [6, 6.07) is 10.9. The summed E-state index contributed by atoms with van der Waals surface area (Å²) in [6.07, 6.45) is 9.03. The van der Waals surface area contributed by atoms with Crippen molar-refractivity contribution in [3.63, 3.8) is 0 Å². The molecule has 2 N–H and O–H groups in total. The van der Waals surface area contributed by atoms with Gasteiger partial charge in [-0.3, -0.25) is 0 Å². The fourth-order valence-electron chi connectivity index (χ4n) is 3.85. The predicted molar refractivity (Wildman–Crippen MR) is 81.3 cm³/mol. The summed E-state index contributed by atoms with van der Waals surface area (Å²) in [5.41, 5.74) is 1.25. The van der Waals surface area contributed by atoms with Crippen LogP contribution in [0.4, 0.5) is 0 Å². The maximum Gasteiger partial charge on any atom is 0.0956 e. The lowest BCUT2D eigenvalue weighted by Crippen LogP contribution is -2.54. The first-order valence-electron chi connectivity index (χ1n) is 7.82. The molecule has 0 aliphatic carbocycles. The zero-order chi connectivity index (χ0) is 14.3. The Balaban J connectivity index is 1.63. The Hall–Kier alpha value is -1.65. The highest BCUT2D eigenvalue weighted by molar-refractivity contribution is 5.32. The normalized spacial score (nSPS) is 32.0. The summed E-state index contributed by atoms with van der Waals surface area (Å²) in [7, 11) is 0. The van der Waals surface area contributed by atoms with Crippen LogP contribution in [0.15, 0.2) is 42.7 Å². The number of fused-ring (bicyclic) bond motifs is 2. The molecule has 2 atom stereocenters. The summed E-state index contributed by atoms with van der Waals surface area (Å²) < 4.78 is 1.85. The van der Waals surface area contributed by atoms with E-state index < -0.39 is 5.60 Å². The average Bonchev–Trinajstić information content (AvgIpc) is 2.98. The van der Waals surface area contributed by atoms with Gasteiger partial charge in [0.15, 0.2) is 0 Å². The first-order valence-corrected chi connectivity index (χ1v) is 7.82. The number of piperidine rings is 2. The molecule has 0 spiro atoms. The lowest BCUT2D eigenvalue weighted by molar-refractivity contribution is -0.0358. The Morgan fingerprint density at radius 2 is 1.86 bits per heavy atom. The molecule has 0 radical (unpaired) electrons. The Kier molecular flexibility index (Phi) is 3.08. The molecule has 2 aromatic rings. The van der Waals surface area contributed by atoms with Gasteiger partial charge in [0.2, 0.25) is 0 Å². The quantitative estimate of drug-likeness (QED) is 0.889. The van der Waals surface area contributed by atoms with Crippen LogP contribution in [-0.4, -0.2) is 27.0 Å². The second-order valence-electron chi connectivity index (χ2n) is 6.44. The molecule has 21 heavy (non-hydrogen) atoms. The minimum absolute atomic E-state index is 0.447. The van der Waals surface area contributed by atoms with Gasteiger partial charge >= 0.3 is 0 Å². The van der Waals surface area contributed by atoms with E-state index in [4.69, 9.17) is 0 Å².